The molecule has 3 rings (SSSR count). The Morgan fingerprint density at radius 3 is 2.64 bits per heavy atom. The summed E-state index contributed by atoms with van der Waals surface area (Å²) in [5.41, 5.74) is 2.97. The number of hydrogen-bond acceptors (Lipinski definition) is 6. The van der Waals surface area contributed by atoms with E-state index in [1.165, 1.54) is 13.2 Å². The molecule has 0 spiro atoms. The number of aldehydes is 1. The Morgan fingerprint density at radius 1 is 1.25 bits per heavy atom. The number of rotatable bonds is 5. The molecular weight excluding hydrogens is 360 g/mol. The number of aromatic hydroxyl groups is 3. The van der Waals surface area contributed by atoms with Gasteiger partial charge in [0.25, 0.3) is 0 Å². The Labute approximate surface area is 163 Å². The van der Waals surface area contributed by atoms with Crippen LogP contribution in [0.15, 0.2) is 29.8 Å². The Hall–Kier alpha value is -3.15. The minimum Gasteiger partial charge on any atom is -0.508 e. The Balaban J connectivity index is 2.02. The minimum absolute atomic E-state index is 0.0432. The number of phenolic OH excluding ortho intramolecular Hbond substituents is 3. The van der Waals surface area contributed by atoms with E-state index in [1.54, 1.807) is 12.1 Å². The van der Waals surface area contributed by atoms with Crippen LogP contribution in [0, 0.1) is 0 Å². The highest BCUT2D eigenvalue weighted by atomic mass is 16.5. The van der Waals surface area contributed by atoms with E-state index in [9.17, 15) is 20.1 Å². The molecule has 1 heterocycles. The summed E-state index contributed by atoms with van der Waals surface area (Å²) >= 11 is 0. The van der Waals surface area contributed by atoms with E-state index < -0.39 is 0 Å². The third-order valence-electron chi connectivity index (χ3n) is 5.02. The quantitative estimate of drug-likeness (QED) is 0.535. The maximum absolute atomic E-state index is 11.4. The first-order chi connectivity index (χ1) is 13.4. The van der Waals surface area contributed by atoms with Crippen LogP contribution in [0.2, 0.25) is 0 Å². The monoisotopic (exact) mass is 384 g/mol. The number of phenols is 3. The average molecular weight is 384 g/mol. The molecule has 1 aliphatic rings. The lowest BCUT2D eigenvalue weighted by Crippen LogP contribution is -2.21. The first kappa shape index (κ1) is 19.6. The smallest absolute Gasteiger partial charge is 0.157 e. The molecule has 0 radical (unpaired) electrons. The summed E-state index contributed by atoms with van der Waals surface area (Å²) in [7, 11) is 1.48. The summed E-state index contributed by atoms with van der Waals surface area (Å²) in [6.45, 7) is 4.13. The zero-order valence-electron chi connectivity index (χ0n) is 16.2. The lowest BCUT2D eigenvalue weighted by Gasteiger charge is -2.29. The largest absolute Gasteiger partial charge is 0.508 e. The molecule has 6 nitrogen and oxygen atoms in total. The number of hydrogen-bond donors (Lipinski definition) is 3. The zero-order valence-corrected chi connectivity index (χ0v) is 16.2. The van der Waals surface area contributed by atoms with Crippen molar-refractivity contribution in [3.8, 4) is 28.7 Å². The lowest BCUT2D eigenvalue weighted by molar-refractivity contribution is 0.111. The SMILES string of the molecule is COc1cc(O)c(C=O)c2c1C[C@H](c1ccc(O)c(CC=C(C)C)c1O)CO2. The molecule has 0 saturated carbocycles. The summed E-state index contributed by atoms with van der Waals surface area (Å²) < 4.78 is 11.2. The van der Waals surface area contributed by atoms with Crippen LogP contribution in [0.25, 0.3) is 0 Å². The molecule has 0 bridgehead atoms. The standard InChI is InChI=1S/C22H24O6/c1-12(2)4-5-15-18(24)7-6-14(21(15)26)13-8-16-20(27-3)9-19(25)17(10-23)22(16)28-11-13/h4,6-7,9-10,13,24-26H,5,8,11H2,1-3H3/t13-/m0/s1. The van der Waals surface area contributed by atoms with Gasteiger partial charge in [-0.15, -0.1) is 0 Å². The Morgan fingerprint density at radius 2 is 2.00 bits per heavy atom. The van der Waals surface area contributed by atoms with Crippen LogP contribution < -0.4 is 9.47 Å². The number of carbonyl (C=O) groups excluding carboxylic acids is 1. The second-order valence-electron chi connectivity index (χ2n) is 7.14. The van der Waals surface area contributed by atoms with E-state index >= 15 is 0 Å². The van der Waals surface area contributed by atoms with E-state index in [0.29, 0.717) is 47.3 Å². The van der Waals surface area contributed by atoms with Gasteiger partial charge >= 0.3 is 0 Å². The zero-order chi connectivity index (χ0) is 20.4. The first-order valence-corrected chi connectivity index (χ1v) is 9.05. The van der Waals surface area contributed by atoms with Crippen LogP contribution in [0.1, 0.15) is 46.8 Å². The number of benzene rings is 2. The maximum atomic E-state index is 11.4. The number of fused-ring (bicyclic) bond motifs is 1. The molecule has 3 N–H and O–H groups in total. The van der Waals surface area contributed by atoms with Crippen molar-refractivity contribution in [3.63, 3.8) is 0 Å². The van der Waals surface area contributed by atoms with Gasteiger partial charge in [-0.1, -0.05) is 17.7 Å². The van der Waals surface area contributed by atoms with Gasteiger partial charge in [0.2, 0.25) is 0 Å². The van der Waals surface area contributed by atoms with Gasteiger partial charge in [0.15, 0.2) is 6.29 Å². The second kappa shape index (κ2) is 7.84. The molecule has 2 aromatic carbocycles. The van der Waals surface area contributed by atoms with E-state index in [0.717, 1.165) is 5.57 Å². The molecule has 2 aromatic rings. The molecule has 0 saturated heterocycles. The minimum atomic E-state index is -0.198. The normalized spacial score (nSPS) is 15.3. The van der Waals surface area contributed by atoms with E-state index in [4.69, 9.17) is 9.47 Å². The van der Waals surface area contributed by atoms with Crippen molar-refractivity contribution < 1.29 is 29.6 Å². The van der Waals surface area contributed by atoms with Crippen LogP contribution in [-0.4, -0.2) is 35.3 Å². The van der Waals surface area contributed by atoms with Gasteiger partial charge in [0.1, 0.15) is 28.7 Å². The fourth-order valence-electron chi connectivity index (χ4n) is 3.50. The molecular formula is C22H24O6. The summed E-state index contributed by atoms with van der Waals surface area (Å²) in [5, 5.41) is 31.0. The molecule has 28 heavy (non-hydrogen) atoms. The Bertz CT molecular complexity index is 941. The van der Waals surface area contributed by atoms with Crippen molar-refractivity contribution in [3.05, 3.63) is 52.1 Å². The van der Waals surface area contributed by atoms with Gasteiger partial charge in [-0.25, -0.2) is 0 Å². The number of allylic oxidation sites excluding steroid dienone is 2. The number of methoxy groups -OCH3 is 1. The van der Waals surface area contributed by atoms with Crippen molar-refractivity contribution >= 4 is 6.29 Å². The molecule has 1 aliphatic heterocycles. The number of carbonyl (C=O) groups is 1. The molecule has 0 aliphatic carbocycles. The summed E-state index contributed by atoms with van der Waals surface area (Å²) in [6.07, 6.45) is 3.38. The molecule has 0 aromatic heterocycles. The third kappa shape index (κ3) is 3.50. The molecule has 0 unspecified atom stereocenters. The highest BCUT2D eigenvalue weighted by Gasteiger charge is 2.30. The predicted octanol–water partition coefficient (Wildman–Crippen LogP) is 3.85. The third-order valence-corrected chi connectivity index (χ3v) is 5.02. The van der Waals surface area contributed by atoms with Crippen molar-refractivity contribution in [2.45, 2.75) is 32.6 Å². The van der Waals surface area contributed by atoms with Crippen LogP contribution in [0.4, 0.5) is 0 Å². The van der Waals surface area contributed by atoms with Gasteiger partial charge in [0.05, 0.1) is 19.3 Å². The lowest BCUT2D eigenvalue weighted by atomic mass is 9.86. The van der Waals surface area contributed by atoms with Gasteiger partial charge in [-0.3, -0.25) is 4.79 Å². The van der Waals surface area contributed by atoms with E-state index in [2.05, 4.69) is 0 Å². The second-order valence-corrected chi connectivity index (χ2v) is 7.14. The number of ether oxygens (including phenoxy) is 2. The molecule has 0 amide bonds. The van der Waals surface area contributed by atoms with Gasteiger partial charge in [0, 0.05) is 28.7 Å². The van der Waals surface area contributed by atoms with Crippen LogP contribution in [0.3, 0.4) is 0 Å². The summed E-state index contributed by atoms with van der Waals surface area (Å²) in [6, 6.07) is 4.65. The highest BCUT2D eigenvalue weighted by molar-refractivity contribution is 5.85. The molecule has 6 heteroatoms. The predicted molar refractivity (Wildman–Crippen MR) is 105 cm³/mol. The fourth-order valence-corrected chi connectivity index (χ4v) is 3.50. The molecule has 0 fully saturated rings. The van der Waals surface area contributed by atoms with Gasteiger partial charge < -0.3 is 24.8 Å². The van der Waals surface area contributed by atoms with E-state index in [1.807, 2.05) is 19.9 Å². The maximum Gasteiger partial charge on any atom is 0.157 e. The topological polar surface area (TPSA) is 96.2 Å². The van der Waals surface area contributed by atoms with Crippen molar-refractivity contribution in [2.75, 3.05) is 13.7 Å². The van der Waals surface area contributed by atoms with Crippen molar-refractivity contribution in [2.24, 2.45) is 0 Å². The molecule has 1 atom stereocenters. The van der Waals surface area contributed by atoms with Gasteiger partial charge in [-0.05, 0) is 32.8 Å². The van der Waals surface area contributed by atoms with Crippen LogP contribution >= 0.6 is 0 Å². The van der Waals surface area contributed by atoms with Crippen molar-refractivity contribution in [1.29, 1.82) is 0 Å². The Kier molecular flexibility index (Phi) is 5.49. The summed E-state index contributed by atoms with van der Waals surface area (Å²) in [4.78, 5) is 11.4. The first-order valence-electron chi connectivity index (χ1n) is 9.05. The van der Waals surface area contributed by atoms with Crippen LogP contribution in [-0.2, 0) is 12.8 Å². The van der Waals surface area contributed by atoms with Crippen LogP contribution in [0.5, 0.6) is 28.7 Å². The fraction of sp³-hybridized carbons (Fsp3) is 0.318. The van der Waals surface area contributed by atoms with Crippen molar-refractivity contribution in [1.82, 2.24) is 0 Å². The van der Waals surface area contributed by atoms with Gasteiger partial charge in [-0.2, -0.15) is 0 Å². The molecule has 148 valence electrons. The average Bonchev–Trinajstić information content (AvgIpc) is 2.67. The highest BCUT2D eigenvalue weighted by Crippen LogP contribution is 2.45. The van der Waals surface area contributed by atoms with E-state index in [-0.39, 0.29) is 35.3 Å². The summed E-state index contributed by atoms with van der Waals surface area (Å²) in [5.74, 6) is 0.429.